The van der Waals surface area contributed by atoms with E-state index in [0.29, 0.717) is 12.4 Å². The maximum absolute atomic E-state index is 11.9. The number of rotatable bonds is 8. The third kappa shape index (κ3) is 5.17. The normalized spacial score (nSPS) is 11.8. The van der Waals surface area contributed by atoms with Gasteiger partial charge < -0.3 is 20.4 Å². The van der Waals surface area contributed by atoms with Crippen molar-refractivity contribution >= 4 is 11.9 Å². The second-order valence-electron chi connectivity index (χ2n) is 5.21. The molecule has 1 aromatic heterocycles. The predicted molar refractivity (Wildman–Crippen MR) is 86.4 cm³/mol. The van der Waals surface area contributed by atoms with Gasteiger partial charge in [0.25, 0.3) is 0 Å². The van der Waals surface area contributed by atoms with E-state index < -0.39 is 17.9 Å². The summed E-state index contributed by atoms with van der Waals surface area (Å²) in [5.74, 6) is -0.319. The second-order valence-corrected chi connectivity index (χ2v) is 5.21. The summed E-state index contributed by atoms with van der Waals surface area (Å²) in [4.78, 5) is 23.7. The molecule has 0 aliphatic heterocycles. The smallest absolute Gasteiger partial charge is 0.308 e. The van der Waals surface area contributed by atoms with Crippen LogP contribution in [0.5, 0.6) is 0 Å². The van der Waals surface area contributed by atoms with E-state index in [0.717, 1.165) is 5.56 Å². The first-order chi connectivity index (χ1) is 11.6. The number of aryl methyl sites for hydroxylation is 1. The van der Waals surface area contributed by atoms with Crippen LogP contribution in [0.1, 0.15) is 24.7 Å². The molecule has 0 saturated heterocycles. The Balaban J connectivity index is 1.73. The fourth-order valence-electron chi connectivity index (χ4n) is 2.05. The predicted octanol–water partition coefficient (Wildman–Crippen LogP) is 0.375. The van der Waals surface area contributed by atoms with Gasteiger partial charge in [-0.2, -0.15) is 0 Å². The standard InChI is InChI=1S/C16H21N5O3/c1-2-21-11-19-20-14(21)9-18-16(23)13(17)8-15(22)24-10-12-6-4-3-5-7-12/h3-7,11,13H,2,8-10,17H2,1H3,(H,18,23)/t13-/m0/s1. The number of amides is 1. The summed E-state index contributed by atoms with van der Waals surface area (Å²) in [6.45, 7) is 3.02. The van der Waals surface area contributed by atoms with E-state index in [4.69, 9.17) is 10.5 Å². The number of carbonyl (C=O) groups is 2. The minimum absolute atomic E-state index is 0.160. The molecule has 0 aliphatic carbocycles. The quantitative estimate of drug-likeness (QED) is 0.676. The van der Waals surface area contributed by atoms with E-state index in [1.165, 1.54) is 0 Å². The Morgan fingerprint density at radius 3 is 2.79 bits per heavy atom. The minimum atomic E-state index is -0.966. The average Bonchev–Trinajstić information content (AvgIpc) is 3.06. The number of nitrogens with two attached hydrogens (primary N) is 1. The number of esters is 1. The Bertz CT molecular complexity index is 671. The van der Waals surface area contributed by atoms with Gasteiger partial charge in [-0.05, 0) is 12.5 Å². The summed E-state index contributed by atoms with van der Waals surface area (Å²) in [5.41, 5.74) is 6.62. The van der Waals surface area contributed by atoms with Crippen LogP contribution in [-0.2, 0) is 34.0 Å². The van der Waals surface area contributed by atoms with Crippen molar-refractivity contribution in [2.24, 2.45) is 5.73 Å². The van der Waals surface area contributed by atoms with E-state index >= 15 is 0 Å². The molecule has 0 saturated carbocycles. The molecule has 2 rings (SSSR count). The largest absolute Gasteiger partial charge is 0.461 e. The number of nitrogens with zero attached hydrogens (tertiary/aromatic N) is 3. The summed E-state index contributed by atoms with van der Waals surface area (Å²) in [7, 11) is 0. The highest BCUT2D eigenvalue weighted by Gasteiger charge is 2.19. The topological polar surface area (TPSA) is 112 Å². The molecule has 0 fully saturated rings. The molecule has 3 N–H and O–H groups in total. The molecule has 2 aromatic rings. The highest BCUT2D eigenvalue weighted by Crippen LogP contribution is 2.03. The number of hydrogen-bond donors (Lipinski definition) is 2. The van der Waals surface area contributed by atoms with Gasteiger partial charge in [0.2, 0.25) is 5.91 Å². The van der Waals surface area contributed by atoms with Gasteiger partial charge in [-0.3, -0.25) is 9.59 Å². The van der Waals surface area contributed by atoms with Gasteiger partial charge in [0, 0.05) is 6.54 Å². The number of nitrogens with one attached hydrogen (secondary N) is 1. The molecule has 8 heteroatoms. The van der Waals surface area contributed by atoms with E-state index in [1.807, 2.05) is 37.3 Å². The molecule has 0 aliphatic rings. The van der Waals surface area contributed by atoms with Crippen LogP contribution in [0.25, 0.3) is 0 Å². The fourth-order valence-corrected chi connectivity index (χ4v) is 2.05. The molecule has 0 radical (unpaired) electrons. The molecule has 0 bridgehead atoms. The monoisotopic (exact) mass is 331 g/mol. The third-order valence-electron chi connectivity index (χ3n) is 3.42. The highest BCUT2D eigenvalue weighted by atomic mass is 16.5. The summed E-state index contributed by atoms with van der Waals surface area (Å²) >= 11 is 0. The Morgan fingerprint density at radius 1 is 1.33 bits per heavy atom. The van der Waals surface area contributed by atoms with Gasteiger partial charge in [0.15, 0.2) is 5.82 Å². The van der Waals surface area contributed by atoms with Crippen molar-refractivity contribution in [2.75, 3.05) is 0 Å². The molecule has 0 unspecified atom stereocenters. The van der Waals surface area contributed by atoms with Gasteiger partial charge >= 0.3 is 5.97 Å². The van der Waals surface area contributed by atoms with Crippen LogP contribution in [0.2, 0.25) is 0 Å². The van der Waals surface area contributed by atoms with Crippen molar-refractivity contribution in [1.82, 2.24) is 20.1 Å². The van der Waals surface area contributed by atoms with Crippen LogP contribution in [0, 0.1) is 0 Å². The van der Waals surface area contributed by atoms with Crippen molar-refractivity contribution in [1.29, 1.82) is 0 Å². The molecule has 24 heavy (non-hydrogen) atoms. The molecule has 1 aromatic carbocycles. The van der Waals surface area contributed by atoms with E-state index in [2.05, 4.69) is 15.5 Å². The number of carbonyl (C=O) groups excluding carboxylic acids is 2. The lowest BCUT2D eigenvalue weighted by atomic mass is 10.2. The molecular formula is C16H21N5O3. The Morgan fingerprint density at radius 2 is 2.08 bits per heavy atom. The maximum atomic E-state index is 11.9. The lowest BCUT2D eigenvalue weighted by molar-refractivity contribution is -0.146. The Kier molecular flexibility index (Phi) is 6.44. The lowest BCUT2D eigenvalue weighted by Crippen LogP contribution is -2.42. The summed E-state index contributed by atoms with van der Waals surface area (Å²) < 4.78 is 6.92. The zero-order chi connectivity index (χ0) is 17.4. The molecular weight excluding hydrogens is 310 g/mol. The SMILES string of the molecule is CCn1cnnc1CNC(=O)[C@@H](N)CC(=O)OCc1ccccc1. The van der Waals surface area contributed by atoms with Gasteiger partial charge in [-0.1, -0.05) is 30.3 Å². The van der Waals surface area contributed by atoms with Gasteiger partial charge in [-0.15, -0.1) is 10.2 Å². The first-order valence-corrected chi connectivity index (χ1v) is 7.69. The summed E-state index contributed by atoms with van der Waals surface area (Å²) in [5, 5.41) is 10.3. The maximum Gasteiger partial charge on any atom is 0.308 e. The summed E-state index contributed by atoms with van der Waals surface area (Å²) in [6, 6.07) is 8.33. The van der Waals surface area contributed by atoms with Crippen LogP contribution < -0.4 is 11.1 Å². The van der Waals surface area contributed by atoms with Crippen LogP contribution in [0.3, 0.4) is 0 Å². The zero-order valence-electron chi connectivity index (χ0n) is 13.5. The van der Waals surface area contributed by atoms with Gasteiger partial charge in [-0.25, -0.2) is 0 Å². The van der Waals surface area contributed by atoms with Crippen molar-refractivity contribution in [3.8, 4) is 0 Å². The van der Waals surface area contributed by atoms with E-state index in [1.54, 1.807) is 10.9 Å². The molecule has 128 valence electrons. The molecule has 0 spiro atoms. The van der Waals surface area contributed by atoms with E-state index in [9.17, 15) is 9.59 Å². The van der Waals surface area contributed by atoms with Crippen LogP contribution in [0.4, 0.5) is 0 Å². The van der Waals surface area contributed by atoms with Crippen molar-refractivity contribution < 1.29 is 14.3 Å². The van der Waals surface area contributed by atoms with Crippen molar-refractivity contribution in [2.45, 2.75) is 39.1 Å². The van der Waals surface area contributed by atoms with Crippen molar-refractivity contribution in [3.63, 3.8) is 0 Å². The first kappa shape index (κ1) is 17.6. The second kappa shape index (κ2) is 8.78. The minimum Gasteiger partial charge on any atom is -0.461 e. The molecule has 8 nitrogen and oxygen atoms in total. The third-order valence-corrected chi connectivity index (χ3v) is 3.42. The number of hydrogen-bond acceptors (Lipinski definition) is 6. The number of benzene rings is 1. The lowest BCUT2D eigenvalue weighted by Gasteiger charge is -2.12. The fraction of sp³-hybridized carbons (Fsp3) is 0.375. The van der Waals surface area contributed by atoms with Gasteiger partial charge in [0.05, 0.1) is 19.0 Å². The van der Waals surface area contributed by atoms with Gasteiger partial charge in [0.1, 0.15) is 12.9 Å². The van der Waals surface area contributed by atoms with E-state index in [-0.39, 0.29) is 19.6 Å². The van der Waals surface area contributed by atoms with Crippen molar-refractivity contribution in [3.05, 3.63) is 48.0 Å². The Hall–Kier alpha value is -2.74. The Labute approximate surface area is 140 Å². The molecule has 1 atom stereocenters. The molecule has 1 amide bonds. The van der Waals surface area contributed by atoms with Crippen LogP contribution >= 0.6 is 0 Å². The number of aromatic nitrogens is 3. The summed E-state index contributed by atoms with van der Waals surface area (Å²) in [6.07, 6.45) is 1.40. The average molecular weight is 331 g/mol. The first-order valence-electron chi connectivity index (χ1n) is 7.69. The van der Waals surface area contributed by atoms with Crippen LogP contribution in [-0.4, -0.2) is 32.7 Å². The van der Waals surface area contributed by atoms with Crippen LogP contribution in [0.15, 0.2) is 36.7 Å². The highest BCUT2D eigenvalue weighted by molar-refractivity contribution is 5.86. The molecule has 1 heterocycles. The number of ether oxygens (including phenoxy) is 1. The zero-order valence-corrected chi connectivity index (χ0v) is 13.5.